The lowest BCUT2D eigenvalue weighted by Crippen LogP contribution is -2.36. The number of rotatable bonds is 5. The van der Waals surface area contributed by atoms with Crippen molar-refractivity contribution in [2.45, 2.75) is 19.6 Å². The molecule has 1 fully saturated rings. The Morgan fingerprint density at radius 3 is 3.05 bits per heavy atom. The topological polar surface area (TPSA) is 59.5 Å². The first kappa shape index (κ1) is 14.2. The van der Waals surface area contributed by atoms with Gasteiger partial charge >= 0.3 is 0 Å². The smallest absolute Gasteiger partial charge is 0.161 e. The second-order valence-corrected chi connectivity index (χ2v) is 4.69. The van der Waals surface area contributed by atoms with Crippen molar-refractivity contribution in [3.8, 4) is 0 Å². The van der Waals surface area contributed by atoms with Crippen LogP contribution in [0.15, 0.2) is 6.07 Å². The van der Waals surface area contributed by atoms with E-state index in [1.807, 2.05) is 13.0 Å². The molecule has 1 saturated heterocycles. The fraction of sp³-hybridized carbons (Fsp3) is 0.692. The third-order valence-electron chi connectivity index (χ3n) is 3.00. The van der Waals surface area contributed by atoms with Gasteiger partial charge in [-0.3, -0.25) is 0 Å². The van der Waals surface area contributed by atoms with E-state index in [1.54, 1.807) is 7.11 Å². The van der Waals surface area contributed by atoms with Crippen LogP contribution in [0.2, 0.25) is 0 Å². The molecule has 0 aromatic carbocycles. The zero-order valence-electron chi connectivity index (χ0n) is 11.8. The zero-order chi connectivity index (χ0) is 13.7. The highest BCUT2D eigenvalue weighted by molar-refractivity contribution is 5.36. The van der Waals surface area contributed by atoms with Crippen LogP contribution >= 0.6 is 0 Å². The van der Waals surface area contributed by atoms with Gasteiger partial charge in [-0.1, -0.05) is 0 Å². The average Bonchev–Trinajstić information content (AvgIpc) is 2.39. The van der Waals surface area contributed by atoms with Crippen LogP contribution in [-0.2, 0) is 16.1 Å². The van der Waals surface area contributed by atoms with Gasteiger partial charge in [0.1, 0.15) is 11.9 Å². The van der Waals surface area contributed by atoms with Crippen LogP contribution in [0, 0.1) is 0 Å². The summed E-state index contributed by atoms with van der Waals surface area (Å²) in [6.45, 7) is 5.85. The van der Waals surface area contributed by atoms with Crippen LogP contribution in [0.1, 0.15) is 24.5 Å². The molecular formula is C13H22N4O2. The summed E-state index contributed by atoms with van der Waals surface area (Å²) in [7, 11) is 3.75. The maximum Gasteiger partial charge on any atom is 0.161 e. The molecule has 106 valence electrons. The molecule has 1 N–H and O–H groups in total. The van der Waals surface area contributed by atoms with Crippen molar-refractivity contribution in [2.75, 3.05) is 45.7 Å². The van der Waals surface area contributed by atoms with Crippen LogP contribution in [0.4, 0.5) is 5.82 Å². The van der Waals surface area contributed by atoms with E-state index in [0.717, 1.165) is 43.6 Å². The number of nitrogens with zero attached hydrogens (tertiary/aromatic N) is 3. The molecule has 1 aromatic heterocycles. The molecule has 1 unspecified atom stereocenters. The summed E-state index contributed by atoms with van der Waals surface area (Å²) in [5.41, 5.74) is 0.875. The standard InChI is InChI=1S/C13H22N4O2/c1-4-14-12-7-10(9-18-3)15-13(16-12)11-8-17(2)5-6-19-11/h7,11H,4-6,8-9H2,1-3H3,(H,14,15,16). The molecular weight excluding hydrogens is 244 g/mol. The second kappa shape index (κ2) is 6.79. The zero-order valence-corrected chi connectivity index (χ0v) is 11.8. The molecule has 6 heteroatoms. The molecule has 2 heterocycles. The van der Waals surface area contributed by atoms with Gasteiger partial charge in [0.15, 0.2) is 5.82 Å². The minimum atomic E-state index is -0.0621. The van der Waals surface area contributed by atoms with E-state index in [9.17, 15) is 0 Å². The fourth-order valence-corrected chi connectivity index (χ4v) is 2.09. The molecule has 0 spiro atoms. The third-order valence-corrected chi connectivity index (χ3v) is 3.00. The lowest BCUT2D eigenvalue weighted by molar-refractivity contribution is -0.0256. The molecule has 0 aliphatic carbocycles. The lowest BCUT2D eigenvalue weighted by Gasteiger charge is -2.29. The molecule has 0 radical (unpaired) electrons. The van der Waals surface area contributed by atoms with Crippen LogP contribution in [-0.4, -0.2) is 55.3 Å². The predicted molar refractivity (Wildman–Crippen MR) is 73.1 cm³/mol. The van der Waals surface area contributed by atoms with Crippen molar-refractivity contribution >= 4 is 5.82 Å². The Bertz CT molecular complexity index is 389. The minimum Gasteiger partial charge on any atom is -0.378 e. The maximum atomic E-state index is 5.77. The number of hydrogen-bond acceptors (Lipinski definition) is 6. The van der Waals surface area contributed by atoms with Crippen molar-refractivity contribution in [1.82, 2.24) is 14.9 Å². The van der Waals surface area contributed by atoms with Crippen LogP contribution < -0.4 is 5.32 Å². The number of hydrogen-bond donors (Lipinski definition) is 1. The third kappa shape index (κ3) is 3.86. The second-order valence-electron chi connectivity index (χ2n) is 4.69. The van der Waals surface area contributed by atoms with E-state index in [-0.39, 0.29) is 6.10 Å². The number of anilines is 1. The SMILES string of the molecule is CCNc1cc(COC)nc(C2CN(C)CCO2)n1. The molecule has 0 saturated carbocycles. The first-order chi connectivity index (χ1) is 9.22. The highest BCUT2D eigenvalue weighted by Crippen LogP contribution is 2.20. The van der Waals surface area contributed by atoms with Gasteiger partial charge < -0.3 is 19.7 Å². The molecule has 1 aliphatic heterocycles. The minimum absolute atomic E-state index is 0.0621. The Morgan fingerprint density at radius 1 is 1.53 bits per heavy atom. The van der Waals surface area contributed by atoms with Gasteiger partial charge in [0.25, 0.3) is 0 Å². The summed E-state index contributed by atoms with van der Waals surface area (Å²) in [5.74, 6) is 1.56. The van der Waals surface area contributed by atoms with Gasteiger partial charge in [0.2, 0.25) is 0 Å². The first-order valence-corrected chi connectivity index (χ1v) is 6.63. The highest BCUT2D eigenvalue weighted by Gasteiger charge is 2.23. The molecule has 0 bridgehead atoms. The predicted octanol–water partition coefficient (Wildman–Crippen LogP) is 1.06. The van der Waals surface area contributed by atoms with Crippen molar-refractivity contribution < 1.29 is 9.47 Å². The van der Waals surface area contributed by atoms with Crippen molar-refractivity contribution in [3.63, 3.8) is 0 Å². The Kier molecular flexibility index (Phi) is 5.07. The van der Waals surface area contributed by atoms with Crippen LogP contribution in [0.25, 0.3) is 0 Å². The van der Waals surface area contributed by atoms with E-state index < -0.39 is 0 Å². The number of nitrogens with one attached hydrogen (secondary N) is 1. The van der Waals surface area contributed by atoms with Crippen LogP contribution in [0.3, 0.4) is 0 Å². The van der Waals surface area contributed by atoms with Gasteiger partial charge in [0, 0.05) is 32.8 Å². The first-order valence-electron chi connectivity index (χ1n) is 6.63. The molecule has 2 rings (SSSR count). The Morgan fingerprint density at radius 2 is 2.37 bits per heavy atom. The number of methoxy groups -OCH3 is 1. The molecule has 19 heavy (non-hydrogen) atoms. The molecule has 0 amide bonds. The van der Waals surface area contributed by atoms with E-state index in [4.69, 9.17) is 9.47 Å². The summed E-state index contributed by atoms with van der Waals surface area (Å²) in [6, 6.07) is 1.92. The van der Waals surface area contributed by atoms with Gasteiger partial charge in [-0.05, 0) is 14.0 Å². The van der Waals surface area contributed by atoms with Gasteiger partial charge in [-0.15, -0.1) is 0 Å². The van der Waals surface area contributed by atoms with Crippen molar-refractivity contribution in [1.29, 1.82) is 0 Å². The Balaban J connectivity index is 2.21. The summed E-state index contributed by atoms with van der Waals surface area (Å²) >= 11 is 0. The largest absolute Gasteiger partial charge is 0.378 e. The van der Waals surface area contributed by atoms with Crippen LogP contribution in [0.5, 0.6) is 0 Å². The summed E-state index contributed by atoms with van der Waals surface area (Å²) in [4.78, 5) is 11.3. The summed E-state index contributed by atoms with van der Waals surface area (Å²) in [5, 5.41) is 3.22. The maximum absolute atomic E-state index is 5.77. The molecule has 6 nitrogen and oxygen atoms in total. The number of likely N-dealkylation sites (N-methyl/N-ethyl adjacent to an activating group) is 1. The molecule has 1 aromatic rings. The van der Waals surface area contributed by atoms with E-state index >= 15 is 0 Å². The number of ether oxygens (including phenoxy) is 2. The number of morpholine rings is 1. The fourth-order valence-electron chi connectivity index (χ4n) is 2.09. The normalized spacial score (nSPS) is 20.5. The molecule has 1 aliphatic rings. The van der Waals surface area contributed by atoms with Gasteiger partial charge in [0.05, 0.1) is 18.9 Å². The Labute approximate surface area is 114 Å². The van der Waals surface area contributed by atoms with E-state index in [2.05, 4.69) is 27.2 Å². The summed E-state index contributed by atoms with van der Waals surface area (Å²) < 4.78 is 10.9. The molecule has 1 atom stereocenters. The number of aromatic nitrogens is 2. The Hall–Kier alpha value is -1.24. The average molecular weight is 266 g/mol. The lowest BCUT2D eigenvalue weighted by atomic mass is 10.2. The van der Waals surface area contributed by atoms with Crippen molar-refractivity contribution in [2.24, 2.45) is 0 Å². The van der Waals surface area contributed by atoms with Crippen molar-refractivity contribution in [3.05, 3.63) is 17.6 Å². The monoisotopic (exact) mass is 266 g/mol. The van der Waals surface area contributed by atoms with E-state index in [0.29, 0.717) is 6.61 Å². The quantitative estimate of drug-likeness (QED) is 0.860. The summed E-state index contributed by atoms with van der Waals surface area (Å²) in [6.07, 6.45) is -0.0621. The highest BCUT2D eigenvalue weighted by atomic mass is 16.5. The van der Waals surface area contributed by atoms with Gasteiger partial charge in [-0.2, -0.15) is 0 Å². The van der Waals surface area contributed by atoms with Gasteiger partial charge in [-0.25, -0.2) is 9.97 Å². The van der Waals surface area contributed by atoms with E-state index in [1.165, 1.54) is 0 Å².